The maximum absolute atomic E-state index is 11.9. The number of nitrogens with one attached hydrogen (secondary N) is 1. The third-order valence-corrected chi connectivity index (χ3v) is 4.19. The van der Waals surface area contributed by atoms with E-state index in [0.717, 1.165) is 14.7 Å². The summed E-state index contributed by atoms with van der Waals surface area (Å²) in [5, 5.41) is 6.85. The lowest BCUT2D eigenvalue weighted by Crippen LogP contribution is -2.22. The summed E-state index contributed by atoms with van der Waals surface area (Å²) in [4.78, 5) is 16.2. The highest BCUT2D eigenvalue weighted by atomic mass is 127. The molecule has 3 rings (SSSR count). The number of amides is 1. The Labute approximate surface area is 153 Å². The lowest BCUT2D eigenvalue weighted by molar-refractivity contribution is -0.121. The van der Waals surface area contributed by atoms with Gasteiger partial charge in [-0.25, -0.2) is 0 Å². The number of nitrogens with zero attached hydrogens (tertiary/aromatic N) is 2. The van der Waals surface area contributed by atoms with E-state index in [1.807, 2.05) is 54.6 Å². The van der Waals surface area contributed by atoms with Crippen LogP contribution in [-0.4, -0.2) is 16.0 Å². The molecule has 0 aliphatic heterocycles. The van der Waals surface area contributed by atoms with Gasteiger partial charge in [0.25, 0.3) is 0 Å². The Morgan fingerprint density at radius 3 is 2.58 bits per heavy atom. The lowest BCUT2D eigenvalue weighted by Gasteiger charge is -2.03. The Morgan fingerprint density at radius 1 is 1.08 bits per heavy atom. The molecule has 24 heavy (non-hydrogen) atoms. The quantitative estimate of drug-likeness (QED) is 0.604. The fourth-order valence-electron chi connectivity index (χ4n) is 2.18. The van der Waals surface area contributed by atoms with Crippen LogP contribution >= 0.6 is 22.6 Å². The van der Waals surface area contributed by atoms with Crippen LogP contribution in [0.5, 0.6) is 0 Å². The lowest BCUT2D eigenvalue weighted by atomic mass is 10.2. The normalized spacial score (nSPS) is 10.5. The zero-order chi connectivity index (χ0) is 16.8. The molecule has 0 atom stereocenters. The second kappa shape index (κ2) is 8.05. The molecular formula is C18H16IN3O2. The molecule has 0 aliphatic carbocycles. The Morgan fingerprint density at radius 2 is 1.83 bits per heavy atom. The summed E-state index contributed by atoms with van der Waals surface area (Å²) < 4.78 is 6.37. The van der Waals surface area contributed by atoms with Gasteiger partial charge in [0.05, 0.1) is 0 Å². The Kier molecular flexibility index (Phi) is 5.58. The van der Waals surface area contributed by atoms with Crippen LogP contribution in [0.15, 0.2) is 59.1 Å². The summed E-state index contributed by atoms with van der Waals surface area (Å²) in [6, 6.07) is 17.7. The summed E-state index contributed by atoms with van der Waals surface area (Å²) in [7, 11) is 0. The van der Waals surface area contributed by atoms with Crippen LogP contribution in [0.2, 0.25) is 0 Å². The van der Waals surface area contributed by atoms with Crippen LogP contribution in [0.4, 0.5) is 0 Å². The van der Waals surface area contributed by atoms with Crippen LogP contribution in [-0.2, 0) is 17.8 Å². The largest absolute Gasteiger partial charge is 0.352 e. The first-order valence-electron chi connectivity index (χ1n) is 7.60. The first-order valence-corrected chi connectivity index (χ1v) is 8.68. The van der Waals surface area contributed by atoms with Crippen LogP contribution in [0.25, 0.3) is 11.4 Å². The fourth-order valence-corrected chi connectivity index (χ4v) is 2.54. The summed E-state index contributed by atoms with van der Waals surface area (Å²) in [5.41, 5.74) is 1.98. The van der Waals surface area contributed by atoms with Gasteiger partial charge >= 0.3 is 0 Å². The number of hydrogen-bond donors (Lipinski definition) is 1. The molecule has 0 saturated heterocycles. The molecule has 122 valence electrons. The molecule has 3 aromatic rings. The third kappa shape index (κ3) is 4.64. The number of hydrogen-bond acceptors (Lipinski definition) is 4. The van der Waals surface area contributed by atoms with Gasteiger partial charge in [0, 0.05) is 28.5 Å². The Bertz CT molecular complexity index is 801. The Balaban J connectivity index is 1.50. The van der Waals surface area contributed by atoms with E-state index in [-0.39, 0.29) is 5.91 Å². The topological polar surface area (TPSA) is 68.0 Å². The van der Waals surface area contributed by atoms with Crippen LogP contribution in [0.3, 0.4) is 0 Å². The number of aromatic nitrogens is 2. The standard InChI is InChI=1S/C18H16IN3O2/c19-15-8-6-14(7-9-15)18-21-17(24-22-18)11-10-16(23)20-12-13-4-2-1-3-5-13/h1-9H,10-12H2,(H,20,23). The third-order valence-electron chi connectivity index (χ3n) is 3.47. The number of benzene rings is 2. The highest BCUT2D eigenvalue weighted by Gasteiger charge is 2.10. The minimum atomic E-state index is -0.0344. The zero-order valence-electron chi connectivity index (χ0n) is 12.9. The maximum atomic E-state index is 11.9. The number of rotatable bonds is 6. The SMILES string of the molecule is O=C(CCc1nc(-c2ccc(I)cc2)no1)NCc1ccccc1. The van der Waals surface area contributed by atoms with Crippen molar-refractivity contribution in [2.45, 2.75) is 19.4 Å². The van der Waals surface area contributed by atoms with E-state index in [4.69, 9.17) is 4.52 Å². The summed E-state index contributed by atoms with van der Waals surface area (Å²) in [6.45, 7) is 0.525. The fraction of sp³-hybridized carbons (Fsp3) is 0.167. The molecule has 0 bridgehead atoms. The van der Waals surface area contributed by atoms with E-state index in [1.165, 1.54) is 0 Å². The molecule has 0 aliphatic rings. The summed E-state index contributed by atoms with van der Waals surface area (Å²) in [6.07, 6.45) is 0.749. The molecule has 1 amide bonds. The van der Waals surface area contributed by atoms with Crippen molar-refractivity contribution in [1.29, 1.82) is 0 Å². The Hall–Kier alpha value is -2.22. The van der Waals surface area contributed by atoms with Gasteiger partial charge in [-0.15, -0.1) is 0 Å². The van der Waals surface area contributed by atoms with E-state index in [1.54, 1.807) is 0 Å². The number of carbonyl (C=O) groups excluding carboxylic acids is 1. The molecule has 0 unspecified atom stereocenters. The minimum absolute atomic E-state index is 0.0344. The van der Waals surface area contributed by atoms with Crippen molar-refractivity contribution in [3.05, 3.63) is 69.6 Å². The van der Waals surface area contributed by atoms with Gasteiger partial charge in [-0.2, -0.15) is 4.98 Å². The van der Waals surface area contributed by atoms with Gasteiger partial charge in [-0.05, 0) is 40.3 Å². The summed E-state index contributed by atoms with van der Waals surface area (Å²) in [5.74, 6) is 0.984. The molecule has 2 aromatic carbocycles. The highest BCUT2D eigenvalue weighted by Crippen LogP contribution is 2.17. The molecule has 6 heteroatoms. The minimum Gasteiger partial charge on any atom is -0.352 e. The van der Waals surface area contributed by atoms with Gasteiger partial charge < -0.3 is 9.84 Å². The molecule has 0 fully saturated rings. The van der Waals surface area contributed by atoms with E-state index >= 15 is 0 Å². The predicted molar refractivity (Wildman–Crippen MR) is 99.1 cm³/mol. The second-order valence-electron chi connectivity index (χ2n) is 5.28. The molecule has 0 saturated carbocycles. The number of carbonyl (C=O) groups is 1. The molecule has 1 aromatic heterocycles. The van der Waals surface area contributed by atoms with Gasteiger partial charge in [0.15, 0.2) is 0 Å². The number of halogens is 1. The predicted octanol–water partition coefficient (Wildman–Crippen LogP) is 3.59. The van der Waals surface area contributed by atoms with Crippen molar-refractivity contribution < 1.29 is 9.32 Å². The van der Waals surface area contributed by atoms with Crippen molar-refractivity contribution in [2.24, 2.45) is 0 Å². The van der Waals surface area contributed by atoms with E-state index in [9.17, 15) is 4.79 Å². The number of aryl methyl sites for hydroxylation is 1. The maximum Gasteiger partial charge on any atom is 0.227 e. The zero-order valence-corrected chi connectivity index (χ0v) is 15.1. The van der Waals surface area contributed by atoms with Crippen molar-refractivity contribution in [3.63, 3.8) is 0 Å². The molecule has 1 N–H and O–H groups in total. The van der Waals surface area contributed by atoms with E-state index in [2.05, 4.69) is 38.0 Å². The first-order chi connectivity index (χ1) is 11.7. The van der Waals surface area contributed by atoms with Crippen molar-refractivity contribution in [1.82, 2.24) is 15.5 Å². The van der Waals surface area contributed by atoms with E-state index in [0.29, 0.717) is 31.1 Å². The molecule has 0 radical (unpaired) electrons. The molecular weight excluding hydrogens is 417 g/mol. The average molecular weight is 433 g/mol. The van der Waals surface area contributed by atoms with Gasteiger partial charge in [-0.3, -0.25) is 4.79 Å². The smallest absolute Gasteiger partial charge is 0.227 e. The van der Waals surface area contributed by atoms with Gasteiger partial charge in [-0.1, -0.05) is 47.6 Å². The van der Waals surface area contributed by atoms with Crippen LogP contribution in [0, 0.1) is 3.57 Å². The van der Waals surface area contributed by atoms with Gasteiger partial charge in [0.1, 0.15) is 0 Å². The van der Waals surface area contributed by atoms with Crippen LogP contribution in [0.1, 0.15) is 17.9 Å². The average Bonchev–Trinajstić information content (AvgIpc) is 3.09. The van der Waals surface area contributed by atoms with Crippen molar-refractivity contribution >= 4 is 28.5 Å². The second-order valence-corrected chi connectivity index (χ2v) is 6.53. The first kappa shape index (κ1) is 16.6. The van der Waals surface area contributed by atoms with Gasteiger partial charge in [0.2, 0.25) is 17.6 Å². The van der Waals surface area contributed by atoms with Crippen molar-refractivity contribution in [3.8, 4) is 11.4 Å². The molecule has 0 spiro atoms. The highest BCUT2D eigenvalue weighted by molar-refractivity contribution is 14.1. The molecule has 1 heterocycles. The monoisotopic (exact) mass is 433 g/mol. The summed E-state index contributed by atoms with van der Waals surface area (Å²) >= 11 is 2.24. The molecule has 5 nitrogen and oxygen atoms in total. The van der Waals surface area contributed by atoms with Crippen LogP contribution < -0.4 is 5.32 Å². The van der Waals surface area contributed by atoms with E-state index < -0.39 is 0 Å². The van der Waals surface area contributed by atoms with Crippen molar-refractivity contribution in [2.75, 3.05) is 0 Å².